The van der Waals surface area contributed by atoms with E-state index in [-0.39, 0.29) is 0 Å². The van der Waals surface area contributed by atoms with E-state index in [1.165, 1.54) is 18.4 Å². The maximum absolute atomic E-state index is 4.28. The minimum atomic E-state index is 0.790. The predicted octanol–water partition coefficient (Wildman–Crippen LogP) is 3.21. The zero-order chi connectivity index (χ0) is 11.0. The average molecular weight is 206 g/mol. The van der Waals surface area contributed by atoms with Gasteiger partial charge in [-0.25, -0.2) is 0 Å². The molecule has 2 nitrogen and oxygen atoms in total. The molecular formula is C13H22N2. The van der Waals surface area contributed by atoms with Gasteiger partial charge < -0.3 is 0 Å². The average Bonchev–Trinajstić information content (AvgIpc) is 2.83. The summed E-state index contributed by atoms with van der Waals surface area (Å²) >= 11 is 0. The van der Waals surface area contributed by atoms with Crippen LogP contribution in [0.5, 0.6) is 0 Å². The quantitative estimate of drug-likeness (QED) is 0.739. The van der Waals surface area contributed by atoms with Gasteiger partial charge in [0.15, 0.2) is 0 Å². The van der Waals surface area contributed by atoms with Crippen LogP contribution < -0.4 is 0 Å². The van der Waals surface area contributed by atoms with Crippen LogP contribution in [-0.4, -0.2) is 9.78 Å². The summed E-state index contributed by atoms with van der Waals surface area (Å²) in [5.41, 5.74) is 1.45. The molecule has 0 N–H and O–H groups in total. The van der Waals surface area contributed by atoms with Gasteiger partial charge in [0.05, 0.1) is 6.20 Å². The Hall–Kier alpha value is -0.790. The third kappa shape index (κ3) is 1.82. The number of hydrogen-bond donors (Lipinski definition) is 0. The van der Waals surface area contributed by atoms with Crippen molar-refractivity contribution in [1.29, 1.82) is 0 Å². The SMILES string of the molecule is CCC(C)C1C(CC)C1c1cnn(C)c1. The first kappa shape index (κ1) is 10.7. The molecule has 1 aliphatic rings. The van der Waals surface area contributed by atoms with Crippen molar-refractivity contribution in [1.82, 2.24) is 9.78 Å². The highest BCUT2D eigenvalue weighted by atomic mass is 15.2. The Morgan fingerprint density at radius 3 is 2.67 bits per heavy atom. The van der Waals surface area contributed by atoms with E-state index < -0.39 is 0 Å². The van der Waals surface area contributed by atoms with E-state index in [1.807, 2.05) is 11.7 Å². The van der Waals surface area contributed by atoms with Crippen molar-refractivity contribution in [2.24, 2.45) is 24.8 Å². The van der Waals surface area contributed by atoms with Gasteiger partial charge in [0.25, 0.3) is 0 Å². The third-order valence-electron chi connectivity index (χ3n) is 4.11. The molecule has 0 amide bonds. The lowest BCUT2D eigenvalue weighted by Crippen LogP contribution is -1.97. The largest absolute Gasteiger partial charge is 0.276 e. The van der Waals surface area contributed by atoms with E-state index in [4.69, 9.17) is 0 Å². The molecule has 0 aromatic carbocycles. The Labute approximate surface area is 92.7 Å². The maximum atomic E-state index is 4.28. The van der Waals surface area contributed by atoms with Crippen molar-refractivity contribution in [3.05, 3.63) is 18.0 Å². The van der Waals surface area contributed by atoms with Gasteiger partial charge in [-0.3, -0.25) is 4.68 Å². The lowest BCUT2D eigenvalue weighted by molar-refractivity contribution is 0.453. The van der Waals surface area contributed by atoms with Crippen LogP contribution in [0.1, 0.15) is 45.1 Å². The molecule has 1 heterocycles. The molecule has 0 saturated heterocycles. The topological polar surface area (TPSA) is 17.8 Å². The van der Waals surface area contributed by atoms with Gasteiger partial charge in [-0.05, 0) is 29.2 Å². The van der Waals surface area contributed by atoms with Gasteiger partial charge in [-0.1, -0.05) is 33.6 Å². The molecule has 1 saturated carbocycles. The molecule has 0 radical (unpaired) electrons. The van der Waals surface area contributed by atoms with E-state index in [2.05, 4.69) is 38.3 Å². The Morgan fingerprint density at radius 2 is 2.20 bits per heavy atom. The second kappa shape index (κ2) is 3.99. The molecule has 1 aliphatic carbocycles. The second-order valence-corrected chi connectivity index (χ2v) is 5.01. The van der Waals surface area contributed by atoms with Crippen molar-refractivity contribution in [3.8, 4) is 0 Å². The van der Waals surface area contributed by atoms with Crippen LogP contribution in [0.25, 0.3) is 0 Å². The summed E-state index contributed by atoms with van der Waals surface area (Å²) in [6.45, 7) is 7.01. The molecule has 1 aromatic rings. The summed E-state index contributed by atoms with van der Waals surface area (Å²) in [4.78, 5) is 0. The zero-order valence-corrected chi connectivity index (χ0v) is 10.3. The molecule has 84 valence electrons. The molecule has 1 fully saturated rings. The molecule has 1 aromatic heterocycles. The maximum Gasteiger partial charge on any atom is 0.0524 e. The Bertz CT molecular complexity index is 329. The molecule has 4 atom stereocenters. The van der Waals surface area contributed by atoms with Crippen LogP contribution in [0.3, 0.4) is 0 Å². The summed E-state index contributed by atoms with van der Waals surface area (Å²) in [5, 5.41) is 4.28. The van der Waals surface area contributed by atoms with Crippen LogP contribution in [-0.2, 0) is 7.05 Å². The molecular weight excluding hydrogens is 184 g/mol. The Balaban J connectivity index is 2.11. The van der Waals surface area contributed by atoms with Gasteiger partial charge in [0, 0.05) is 13.2 Å². The van der Waals surface area contributed by atoms with Crippen LogP contribution >= 0.6 is 0 Å². The minimum Gasteiger partial charge on any atom is -0.276 e. The highest BCUT2D eigenvalue weighted by molar-refractivity contribution is 5.24. The first-order chi connectivity index (χ1) is 7.19. The standard InChI is InChI=1S/C13H22N2/c1-5-9(3)12-11(6-2)13(12)10-7-14-15(4)8-10/h7-9,11-13H,5-6H2,1-4H3. The van der Waals surface area contributed by atoms with Crippen molar-refractivity contribution >= 4 is 0 Å². The van der Waals surface area contributed by atoms with Gasteiger partial charge in [0.1, 0.15) is 0 Å². The minimum absolute atomic E-state index is 0.790. The van der Waals surface area contributed by atoms with Crippen LogP contribution in [0.15, 0.2) is 12.4 Å². The molecule has 15 heavy (non-hydrogen) atoms. The normalized spacial score (nSPS) is 31.6. The first-order valence-corrected chi connectivity index (χ1v) is 6.17. The van der Waals surface area contributed by atoms with Crippen LogP contribution in [0.4, 0.5) is 0 Å². The molecule has 0 bridgehead atoms. The monoisotopic (exact) mass is 206 g/mol. The van der Waals surface area contributed by atoms with E-state index in [0.717, 1.165) is 23.7 Å². The van der Waals surface area contributed by atoms with Crippen LogP contribution in [0, 0.1) is 17.8 Å². The molecule has 0 spiro atoms. The smallest absolute Gasteiger partial charge is 0.0524 e. The van der Waals surface area contributed by atoms with E-state index >= 15 is 0 Å². The van der Waals surface area contributed by atoms with E-state index in [9.17, 15) is 0 Å². The summed E-state index contributed by atoms with van der Waals surface area (Å²) < 4.78 is 1.92. The van der Waals surface area contributed by atoms with Crippen molar-refractivity contribution in [3.63, 3.8) is 0 Å². The fourth-order valence-electron chi connectivity index (χ4n) is 3.06. The number of rotatable bonds is 4. The van der Waals surface area contributed by atoms with E-state index in [0.29, 0.717) is 0 Å². The van der Waals surface area contributed by atoms with E-state index in [1.54, 1.807) is 0 Å². The summed E-state index contributed by atoms with van der Waals surface area (Å²) in [7, 11) is 2.01. The number of aromatic nitrogens is 2. The number of nitrogens with zero attached hydrogens (tertiary/aromatic N) is 2. The van der Waals surface area contributed by atoms with Crippen molar-refractivity contribution < 1.29 is 0 Å². The molecule has 2 heteroatoms. The summed E-state index contributed by atoms with van der Waals surface area (Å²) in [6, 6.07) is 0. The zero-order valence-electron chi connectivity index (χ0n) is 10.3. The number of aryl methyl sites for hydroxylation is 1. The third-order valence-corrected chi connectivity index (χ3v) is 4.11. The highest BCUT2D eigenvalue weighted by Gasteiger charge is 2.51. The Kier molecular flexibility index (Phi) is 2.85. The fourth-order valence-corrected chi connectivity index (χ4v) is 3.06. The van der Waals surface area contributed by atoms with Gasteiger partial charge in [0.2, 0.25) is 0 Å². The molecule has 4 unspecified atom stereocenters. The van der Waals surface area contributed by atoms with Crippen molar-refractivity contribution in [2.45, 2.75) is 39.5 Å². The molecule has 0 aliphatic heterocycles. The van der Waals surface area contributed by atoms with Crippen molar-refractivity contribution in [2.75, 3.05) is 0 Å². The Morgan fingerprint density at radius 1 is 1.47 bits per heavy atom. The van der Waals surface area contributed by atoms with Gasteiger partial charge in [-0.15, -0.1) is 0 Å². The lowest BCUT2D eigenvalue weighted by atomic mass is 9.99. The lowest BCUT2D eigenvalue weighted by Gasteiger charge is -2.06. The summed E-state index contributed by atoms with van der Waals surface area (Å²) in [5.74, 6) is 3.46. The molecule has 2 rings (SSSR count). The fraction of sp³-hybridized carbons (Fsp3) is 0.769. The first-order valence-electron chi connectivity index (χ1n) is 6.17. The second-order valence-electron chi connectivity index (χ2n) is 5.01. The predicted molar refractivity (Wildman–Crippen MR) is 62.7 cm³/mol. The van der Waals surface area contributed by atoms with Gasteiger partial charge in [-0.2, -0.15) is 5.10 Å². The van der Waals surface area contributed by atoms with Gasteiger partial charge >= 0.3 is 0 Å². The van der Waals surface area contributed by atoms with Crippen LogP contribution in [0.2, 0.25) is 0 Å². The highest BCUT2D eigenvalue weighted by Crippen LogP contribution is 2.59. The summed E-state index contributed by atoms with van der Waals surface area (Å²) in [6.07, 6.45) is 6.86. The number of hydrogen-bond acceptors (Lipinski definition) is 1.